The smallest absolute Gasteiger partial charge is 0.266 e. The molecule has 0 heterocycles. The molecule has 5 heteroatoms. The van der Waals surface area contributed by atoms with E-state index in [0.29, 0.717) is 28.6 Å². The molecule has 4 aromatic rings. The number of fused-ring (bicyclic) bond motifs is 1. The van der Waals surface area contributed by atoms with Crippen molar-refractivity contribution >= 4 is 40.0 Å². The molecular weight excluding hydrogens is 456 g/mol. The monoisotopic (exact) mass is 480 g/mol. The van der Waals surface area contributed by atoms with E-state index in [-0.39, 0.29) is 5.57 Å². The minimum atomic E-state index is -0.513. The first-order valence-corrected chi connectivity index (χ1v) is 11.6. The summed E-state index contributed by atoms with van der Waals surface area (Å²) in [6.45, 7) is 6.37. The number of carbonyl (C=O) groups excluding carboxylic acids is 1. The van der Waals surface area contributed by atoms with Crippen LogP contribution in [-0.2, 0) is 11.4 Å². The second-order valence-corrected chi connectivity index (χ2v) is 8.98. The lowest BCUT2D eigenvalue weighted by atomic mass is 10.0. The predicted octanol–water partition coefficient (Wildman–Crippen LogP) is 7.54. The van der Waals surface area contributed by atoms with Crippen molar-refractivity contribution in [1.82, 2.24) is 0 Å². The number of rotatable bonds is 6. The van der Waals surface area contributed by atoms with Crippen LogP contribution in [-0.4, -0.2) is 5.91 Å². The van der Waals surface area contributed by atoms with E-state index in [1.54, 1.807) is 18.2 Å². The van der Waals surface area contributed by atoms with Gasteiger partial charge in [-0.05, 0) is 66.9 Å². The first-order chi connectivity index (χ1) is 16.8. The number of carbonyl (C=O) groups is 1. The number of halogens is 1. The normalized spacial score (nSPS) is 11.2. The van der Waals surface area contributed by atoms with Gasteiger partial charge in [-0.15, -0.1) is 0 Å². The zero-order valence-corrected chi connectivity index (χ0v) is 20.6. The molecule has 0 radical (unpaired) electrons. The third-order valence-electron chi connectivity index (χ3n) is 5.69. The fourth-order valence-electron chi connectivity index (χ4n) is 4.03. The van der Waals surface area contributed by atoms with Crippen molar-refractivity contribution < 1.29 is 9.53 Å². The molecule has 4 aromatic carbocycles. The molecule has 174 valence electrons. The van der Waals surface area contributed by atoms with Crippen LogP contribution in [0.2, 0.25) is 5.02 Å². The molecule has 0 unspecified atom stereocenters. The second kappa shape index (κ2) is 10.5. The van der Waals surface area contributed by atoms with Crippen LogP contribution in [0.3, 0.4) is 0 Å². The molecule has 4 nitrogen and oxygen atoms in total. The van der Waals surface area contributed by atoms with Gasteiger partial charge in [-0.2, -0.15) is 5.26 Å². The molecule has 1 amide bonds. The lowest BCUT2D eigenvalue weighted by molar-refractivity contribution is -0.112. The molecule has 0 aromatic heterocycles. The molecule has 0 aliphatic carbocycles. The summed E-state index contributed by atoms with van der Waals surface area (Å²) in [5.41, 5.74) is 5.47. The molecule has 0 aliphatic rings. The van der Waals surface area contributed by atoms with Gasteiger partial charge in [0.2, 0.25) is 0 Å². The van der Waals surface area contributed by atoms with Gasteiger partial charge in [0.1, 0.15) is 24.0 Å². The Morgan fingerprint density at radius 2 is 1.74 bits per heavy atom. The zero-order valence-electron chi connectivity index (χ0n) is 19.9. The SMILES string of the molecule is Cc1cc(C)cc(COc2ccc3ccccc3c2/C=C(\C#N)C(=O)Nc2ccc(C)c(Cl)c2)c1. The lowest BCUT2D eigenvalue weighted by Gasteiger charge is -2.14. The average Bonchev–Trinajstić information content (AvgIpc) is 2.83. The number of hydrogen-bond donors (Lipinski definition) is 1. The number of anilines is 1. The molecule has 35 heavy (non-hydrogen) atoms. The summed E-state index contributed by atoms with van der Waals surface area (Å²) in [4.78, 5) is 13.0. The fraction of sp³-hybridized carbons (Fsp3) is 0.133. The molecule has 0 fully saturated rings. The number of nitriles is 1. The Hall–Kier alpha value is -4.07. The number of amides is 1. The van der Waals surface area contributed by atoms with Gasteiger partial charge in [-0.3, -0.25) is 4.79 Å². The van der Waals surface area contributed by atoms with Crippen LogP contribution in [0.1, 0.15) is 27.8 Å². The van der Waals surface area contributed by atoms with Gasteiger partial charge in [0, 0.05) is 16.3 Å². The van der Waals surface area contributed by atoms with Crippen LogP contribution in [0, 0.1) is 32.1 Å². The highest BCUT2D eigenvalue weighted by Gasteiger charge is 2.14. The highest BCUT2D eigenvalue weighted by Crippen LogP contribution is 2.31. The predicted molar refractivity (Wildman–Crippen MR) is 143 cm³/mol. The van der Waals surface area contributed by atoms with Crippen molar-refractivity contribution in [3.05, 3.63) is 111 Å². The standard InChI is InChI=1S/C30H25ClN2O2/c1-19-12-20(2)14-22(13-19)18-35-29-11-9-23-6-4-5-7-26(23)27(29)15-24(17-32)30(34)33-25-10-8-21(3)28(31)16-25/h4-16H,18H2,1-3H3,(H,33,34)/b24-15+. The van der Waals surface area contributed by atoms with E-state index in [9.17, 15) is 10.1 Å². The largest absolute Gasteiger partial charge is 0.488 e. The Bertz CT molecular complexity index is 1480. The lowest BCUT2D eigenvalue weighted by Crippen LogP contribution is -2.13. The Kier molecular flexibility index (Phi) is 7.19. The van der Waals surface area contributed by atoms with Gasteiger partial charge in [-0.25, -0.2) is 0 Å². The number of ether oxygens (including phenoxy) is 1. The van der Waals surface area contributed by atoms with E-state index in [1.165, 1.54) is 11.1 Å². The van der Waals surface area contributed by atoms with Crippen molar-refractivity contribution in [2.75, 3.05) is 5.32 Å². The molecule has 0 saturated heterocycles. The van der Waals surface area contributed by atoms with Crippen molar-refractivity contribution in [3.63, 3.8) is 0 Å². The maximum absolute atomic E-state index is 13.0. The number of benzene rings is 4. The Morgan fingerprint density at radius 3 is 2.46 bits per heavy atom. The highest BCUT2D eigenvalue weighted by atomic mass is 35.5. The van der Waals surface area contributed by atoms with Crippen LogP contribution in [0.4, 0.5) is 5.69 Å². The van der Waals surface area contributed by atoms with E-state index in [2.05, 4.69) is 37.4 Å². The second-order valence-electron chi connectivity index (χ2n) is 8.57. The van der Waals surface area contributed by atoms with Gasteiger partial charge < -0.3 is 10.1 Å². The van der Waals surface area contributed by atoms with E-state index in [4.69, 9.17) is 16.3 Å². The zero-order chi connectivity index (χ0) is 24.9. The summed E-state index contributed by atoms with van der Waals surface area (Å²) < 4.78 is 6.21. The maximum Gasteiger partial charge on any atom is 0.266 e. The number of nitrogens with zero attached hydrogens (tertiary/aromatic N) is 1. The molecule has 0 bridgehead atoms. The average molecular weight is 481 g/mol. The summed E-state index contributed by atoms with van der Waals surface area (Å²) in [5, 5.41) is 15.0. The van der Waals surface area contributed by atoms with E-state index in [0.717, 1.165) is 21.9 Å². The maximum atomic E-state index is 13.0. The molecule has 0 aliphatic heterocycles. The number of aryl methyl sites for hydroxylation is 3. The Morgan fingerprint density at radius 1 is 1.00 bits per heavy atom. The Balaban J connectivity index is 1.70. The van der Waals surface area contributed by atoms with Crippen LogP contribution in [0.15, 0.2) is 78.4 Å². The fourth-order valence-corrected chi connectivity index (χ4v) is 4.21. The van der Waals surface area contributed by atoms with Gasteiger partial charge in [0.25, 0.3) is 5.91 Å². The Labute approximate surface area is 210 Å². The molecule has 4 rings (SSSR count). The van der Waals surface area contributed by atoms with Crippen LogP contribution < -0.4 is 10.1 Å². The number of nitrogens with one attached hydrogen (secondary N) is 1. The van der Waals surface area contributed by atoms with Crippen LogP contribution in [0.25, 0.3) is 16.8 Å². The van der Waals surface area contributed by atoms with Gasteiger partial charge >= 0.3 is 0 Å². The first kappa shape index (κ1) is 24.1. The van der Waals surface area contributed by atoms with Gasteiger partial charge in [-0.1, -0.05) is 77.3 Å². The first-order valence-electron chi connectivity index (χ1n) is 11.2. The summed E-state index contributed by atoms with van der Waals surface area (Å²) in [5.74, 6) is 0.0856. The third-order valence-corrected chi connectivity index (χ3v) is 6.10. The topological polar surface area (TPSA) is 62.1 Å². The summed E-state index contributed by atoms with van der Waals surface area (Å²) in [7, 11) is 0. The number of hydrogen-bond acceptors (Lipinski definition) is 3. The summed E-state index contributed by atoms with van der Waals surface area (Å²) in [6.07, 6.45) is 1.59. The van der Waals surface area contributed by atoms with Crippen molar-refractivity contribution in [3.8, 4) is 11.8 Å². The molecule has 1 N–H and O–H groups in total. The minimum Gasteiger partial charge on any atom is -0.488 e. The molecule has 0 atom stereocenters. The van der Waals surface area contributed by atoms with Crippen molar-refractivity contribution in [2.45, 2.75) is 27.4 Å². The van der Waals surface area contributed by atoms with Gasteiger partial charge in [0.15, 0.2) is 0 Å². The minimum absolute atomic E-state index is 0.0331. The van der Waals surface area contributed by atoms with Crippen LogP contribution in [0.5, 0.6) is 5.75 Å². The van der Waals surface area contributed by atoms with Crippen LogP contribution >= 0.6 is 11.6 Å². The van der Waals surface area contributed by atoms with E-state index < -0.39 is 5.91 Å². The van der Waals surface area contributed by atoms with Crippen molar-refractivity contribution in [1.29, 1.82) is 5.26 Å². The quantitative estimate of drug-likeness (QED) is 0.229. The highest BCUT2D eigenvalue weighted by molar-refractivity contribution is 6.31. The molecule has 0 spiro atoms. The summed E-state index contributed by atoms with van der Waals surface area (Å²) in [6, 6.07) is 25.2. The van der Waals surface area contributed by atoms with Crippen molar-refractivity contribution in [2.24, 2.45) is 0 Å². The van der Waals surface area contributed by atoms with E-state index >= 15 is 0 Å². The molecule has 0 saturated carbocycles. The summed E-state index contributed by atoms with van der Waals surface area (Å²) >= 11 is 6.18. The molecular formula is C30H25ClN2O2. The van der Waals surface area contributed by atoms with Gasteiger partial charge in [0.05, 0.1) is 0 Å². The van der Waals surface area contributed by atoms with E-state index in [1.807, 2.05) is 55.5 Å². The third kappa shape index (κ3) is 5.71.